The first kappa shape index (κ1) is 26.3. The Balaban J connectivity index is 1.93. The van der Waals surface area contributed by atoms with Crippen molar-refractivity contribution in [3.8, 4) is 0 Å². The van der Waals surface area contributed by atoms with E-state index in [1.165, 1.54) is 17.7 Å². The van der Waals surface area contributed by atoms with Gasteiger partial charge in [-0.3, -0.25) is 13.9 Å². The summed E-state index contributed by atoms with van der Waals surface area (Å²) in [6.45, 7) is -0.617. The van der Waals surface area contributed by atoms with Crippen LogP contribution >= 0.6 is 11.6 Å². The first-order valence-electron chi connectivity index (χ1n) is 11.4. The molecule has 0 aliphatic heterocycles. The highest BCUT2D eigenvalue weighted by Gasteiger charge is 2.49. The molecular formula is C23H24ClF5N4O3. The van der Waals surface area contributed by atoms with Crippen LogP contribution < -0.4 is 11.2 Å². The van der Waals surface area contributed by atoms with E-state index >= 15 is 4.39 Å². The summed E-state index contributed by atoms with van der Waals surface area (Å²) in [6, 6.07) is 3.53. The Morgan fingerprint density at radius 1 is 1.19 bits per heavy atom. The summed E-state index contributed by atoms with van der Waals surface area (Å²) in [5.74, 6) is -2.54. The van der Waals surface area contributed by atoms with Crippen molar-refractivity contribution < 1.29 is 27.1 Å². The van der Waals surface area contributed by atoms with Crippen LogP contribution in [0.2, 0.25) is 5.02 Å². The van der Waals surface area contributed by atoms with E-state index in [-0.39, 0.29) is 48.1 Å². The third-order valence-corrected chi connectivity index (χ3v) is 7.11. The smallest absolute Gasteiger partial charge is 0.391 e. The van der Waals surface area contributed by atoms with Gasteiger partial charge in [0, 0.05) is 25.2 Å². The Morgan fingerprint density at radius 2 is 1.86 bits per heavy atom. The first-order chi connectivity index (χ1) is 16.9. The van der Waals surface area contributed by atoms with E-state index in [0.717, 1.165) is 21.3 Å². The number of benzene rings is 1. The van der Waals surface area contributed by atoms with Gasteiger partial charge < -0.3 is 9.67 Å². The van der Waals surface area contributed by atoms with Crippen molar-refractivity contribution in [1.29, 1.82) is 0 Å². The molecule has 7 nitrogen and oxygen atoms in total. The summed E-state index contributed by atoms with van der Waals surface area (Å²) in [5, 5.41) is 9.17. The molecule has 0 spiro atoms. The molecule has 3 aromatic rings. The van der Waals surface area contributed by atoms with Crippen molar-refractivity contribution in [3.05, 3.63) is 61.3 Å². The largest absolute Gasteiger partial charge is 0.396 e. The van der Waals surface area contributed by atoms with Gasteiger partial charge in [-0.25, -0.2) is 18.6 Å². The third kappa shape index (κ3) is 4.68. The number of aryl methyl sites for hydroxylation is 1. The van der Waals surface area contributed by atoms with Crippen LogP contribution in [0, 0.1) is 11.7 Å². The monoisotopic (exact) mass is 534 g/mol. The molecule has 0 unspecified atom stereocenters. The molecule has 2 aromatic heterocycles. The van der Waals surface area contributed by atoms with E-state index in [9.17, 15) is 27.2 Å². The molecule has 0 radical (unpaired) electrons. The minimum absolute atomic E-state index is 0.00177. The molecule has 36 heavy (non-hydrogen) atoms. The highest BCUT2D eigenvalue weighted by atomic mass is 35.5. The van der Waals surface area contributed by atoms with E-state index in [1.807, 2.05) is 0 Å². The van der Waals surface area contributed by atoms with Gasteiger partial charge in [-0.1, -0.05) is 17.7 Å². The Hall–Kier alpha value is -2.73. The zero-order valence-corrected chi connectivity index (χ0v) is 20.0. The molecule has 1 fully saturated rings. The average molecular weight is 535 g/mol. The number of aliphatic hydroxyl groups is 1. The zero-order valence-electron chi connectivity index (χ0n) is 19.3. The number of rotatable bonds is 6. The van der Waals surface area contributed by atoms with Crippen molar-refractivity contribution >= 4 is 22.8 Å². The van der Waals surface area contributed by atoms with Crippen LogP contribution in [-0.2, 0) is 25.8 Å². The lowest BCUT2D eigenvalue weighted by Crippen LogP contribution is -2.40. The molecule has 4 rings (SSSR count). The number of fused-ring (bicyclic) bond motifs is 1. The Labute approximate surface area is 206 Å². The van der Waals surface area contributed by atoms with Gasteiger partial charge in [-0.15, -0.1) is 0 Å². The topological polar surface area (TPSA) is 82.0 Å². The van der Waals surface area contributed by atoms with Crippen LogP contribution in [0.3, 0.4) is 0 Å². The lowest BCUT2D eigenvalue weighted by atomic mass is 9.79. The average Bonchev–Trinajstić information content (AvgIpc) is 3.19. The van der Waals surface area contributed by atoms with Gasteiger partial charge in [0.1, 0.15) is 11.6 Å². The fraction of sp³-hybridized carbons (Fsp3) is 0.522. The van der Waals surface area contributed by atoms with Crippen LogP contribution in [0.25, 0.3) is 11.2 Å². The molecular weight excluding hydrogens is 511 g/mol. The number of aromatic nitrogens is 4. The second kappa shape index (κ2) is 9.62. The summed E-state index contributed by atoms with van der Waals surface area (Å²) < 4.78 is 72.7. The van der Waals surface area contributed by atoms with E-state index < -0.39 is 60.5 Å². The van der Waals surface area contributed by atoms with Crippen LogP contribution in [0.4, 0.5) is 22.0 Å². The Kier molecular flexibility index (Phi) is 7.04. The molecule has 2 heterocycles. The summed E-state index contributed by atoms with van der Waals surface area (Å²) in [4.78, 5) is 30.5. The minimum Gasteiger partial charge on any atom is -0.396 e. The van der Waals surface area contributed by atoms with Crippen molar-refractivity contribution in [2.75, 3.05) is 6.61 Å². The van der Waals surface area contributed by atoms with Crippen LogP contribution in [0.1, 0.15) is 43.5 Å². The lowest BCUT2D eigenvalue weighted by molar-refractivity contribution is -0.189. The standard InChI is InChI=1S/C23H24ClF5N4O3/c1-31-18-17(19(35)32(21(31)36)9-2-10-34)33(12-13-3-4-15(25)11-16(13)24)20(30-18)22(26)7-5-14(6-8-22)23(27,28)29/h3-4,11,14,34H,2,5-10,12H2,1H3. The highest BCUT2D eigenvalue weighted by molar-refractivity contribution is 6.31. The predicted octanol–water partition coefficient (Wildman–Crippen LogP) is 4.04. The molecule has 1 saturated carbocycles. The van der Waals surface area contributed by atoms with Gasteiger partial charge in [-0.05, 0) is 49.8 Å². The number of aliphatic hydroxyl groups excluding tert-OH is 1. The van der Waals surface area contributed by atoms with Crippen LogP contribution in [0.5, 0.6) is 0 Å². The maximum absolute atomic E-state index is 16.3. The molecule has 0 bridgehead atoms. The number of nitrogens with zero attached hydrogens (tertiary/aromatic N) is 4. The highest BCUT2D eigenvalue weighted by Crippen LogP contribution is 2.47. The van der Waals surface area contributed by atoms with Gasteiger partial charge in [0.15, 0.2) is 16.8 Å². The minimum atomic E-state index is -4.45. The molecule has 1 aliphatic rings. The zero-order chi connectivity index (χ0) is 26.4. The van der Waals surface area contributed by atoms with Crippen LogP contribution in [-0.4, -0.2) is 36.6 Å². The van der Waals surface area contributed by atoms with E-state index in [1.54, 1.807) is 0 Å². The number of alkyl halides is 4. The normalized spacial score (nSPS) is 20.8. The molecule has 0 atom stereocenters. The van der Waals surface area contributed by atoms with E-state index in [0.29, 0.717) is 5.56 Å². The molecule has 1 aromatic carbocycles. The first-order valence-corrected chi connectivity index (χ1v) is 11.8. The van der Waals surface area contributed by atoms with Gasteiger partial charge in [0.25, 0.3) is 5.56 Å². The van der Waals surface area contributed by atoms with E-state index in [2.05, 4.69) is 4.98 Å². The van der Waals surface area contributed by atoms with Crippen molar-refractivity contribution in [2.45, 2.75) is 57.0 Å². The lowest BCUT2D eigenvalue weighted by Gasteiger charge is -2.34. The van der Waals surface area contributed by atoms with Crippen molar-refractivity contribution in [2.24, 2.45) is 13.0 Å². The summed E-state index contributed by atoms with van der Waals surface area (Å²) in [7, 11) is 1.34. The van der Waals surface area contributed by atoms with Gasteiger partial charge >= 0.3 is 11.9 Å². The van der Waals surface area contributed by atoms with E-state index in [4.69, 9.17) is 16.7 Å². The quantitative estimate of drug-likeness (QED) is 0.484. The molecule has 196 valence electrons. The molecule has 0 saturated heterocycles. The van der Waals surface area contributed by atoms with Gasteiger partial charge in [-0.2, -0.15) is 13.2 Å². The number of halogens is 6. The SMILES string of the molecule is Cn1c(=O)n(CCCO)c(=O)c2c1nc(C1(F)CCC(C(F)(F)F)CC1)n2Cc1ccc(F)cc1Cl. The Morgan fingerprint density at radius 3 is 2.44 bits per heavy atom. The van der Waals surface area contributed by atoms with Gasteiger partial charge in [0.05, 0.1) is 12.5 Å². The maximum atomic E-state index is 16.3. The predicted molar refractivity (Wildman–Crippen MR) is 122 cm³/mol. The van der Waals surface area contributed by atoms with Gasteiger partial charge in [0.2, 0.25) is 0 Å². The van der Waals surface area contributed by atoms with Crippen LogP contribution in [0.15, 0.2) is 27.8 Å². The maximum Gasteiger partial charge on any atom is 0.391 e. The molecule has 13 heteroatoms. The second-order valence-electron chi connectivity index (χ2n) is 9.09. The fourth-order valence-corrected chi connectivity index (χ4v) is 4.97. The number of imidazole rings is 1. The number of hydrogen-bond acceptors (Lipinski definition) is 4. The number of hydrogen-bond donors (Lipinski definition) is 1. The summed E-state index contributed by atoms with van der Waals surface area (Å²) >= 11 is 6.18. The molecule has 0 amide bonds. The Bertz CT molecular complexity index is 1400. The second-order valence-corrected chi connectivity index (χ2v) is 9.49. The summed E-state index contributed by atoms with van der Waals surface area (Å²) in [5.41, 5.74) is -3.77. The molecule has 1 aliphatic carbocycles. The van der Waals surface area contributed by atoms with Crippen molar-refractivity contribution in [3.63, 3.8) is 0 Å². The fourth-order valence-electron chi connectivity index (χ4n) is 4.74. The summed E-state index contributed by atoms with van der Waals surface area (Å²) in [6.07, 6.45) is -6.22. The van der Waals surface area contributed by atoms with Crippen molar-refractivity contribution in [1.82, 2.24) is 18.7 Å². The molecule has 1 N–H and O–H groups in total. The third-order valence-electron chi connectivity index (χ3n) is 6.76.